The first-order valence-electron chi connectivity index (χ1n) is 12.3. The van der Waals surface area contributed by atoms with E-state index in [0.717, 1.165) is 45.0 Å². The molecule has 0 bridgehead atoms. The van der Waals surface area contributed by atoms with Gasteiger partial charge in [-0.25, -0.2) is 0 Å². The van der Waals surface area contributed by atoms with E-state index in [1.165, 1.54) is 11.1 Å². The molecule has 0 radical (unpaired) electrons. The Morgan fingerprint density at radius 2 is 0.895 bits per heavy atom. The van der Waals surface area contributed by atoms with Crippen molar-refractivity contribution in [2.45, 2.75) is 11.5 Å². The molecule has 0 fully saturated rings. The summed E-state index contributed by atoms with van der Waals surface area (Å²) in [6.45, 7) is 0. The van der Waals surface area contributed by atoms with E-state index in [0.29, 0.717) is 11.5 Å². The van der Waals surface area contributed by atoms with Crippen molar-refractivity contribution in [2.75, 3.05) is 10.6 Å². The van der Waals surface area contributed by atoms with E-state index in [9.17, 15) is 0 Å². The molecular weight excluding hydrogens is 505 g/mol. The van der Waals surface area contributed by atoms with Crippen molar-refractivity contribution in [3.63, 3.8) is 0 Å². The van der Waals surface area contributed by atoms with E-state index in [4.69, 9.17) is 9.98 Å². The molecule has 0 spiro atoms. The normalized spacial score (nSPS) is 15.9. The molecule has 1 heterocycles. The third-order valence-corrected chi connectivity index (χ3v) is 6.93. The minimum absolute atomic E-state index is 0.699. The predicted octanol–water partition coefficient (Wildman–Crippen LogP) is 8.57. The van der Waals surface area contributed by atoms with Crippen molar-refractivity contribution < 1.29 is 0 Å². The Balaban J connectivity index is 1.60. The van der Waals surface area contributed by atoms with Crippen LogP contribution < -0.4 is 10.6 Å². The Morgan fingerprint density at radius 1 is 0.500 bits per heavy atom. The third kappa shape index (κ3) is 6.28. The summed E-state index contributed by atoms with van der Waals surface area (Å²) < 4.78 is 0. The number of para-hydroxylation sites is 4. The van der Waals surface area contributed by atoms with Gasteiger partial charge in [0.15, 0.2) is 0 Å². The highest BCUT2D eigenvalue weighted by atomic mass is 32.1. The van der Waals surface area contributed by atoms with Crippen molar-refractivity contribution in [2.24, 2.45) is 9.98 Å². The number of benzene rings is 4. The molecule has 1 aliphatic heterocycles. The fourth-order valence-electron chi connectivity index (χ4n) is 4.00. The maximum Gasteiger partial charge on any atom is 0.0864 e. The van der Waals surface area contributed by atoms with Crippen LogP contribution in [0.2, 0.25) is 0 Å². The molecule has 0 atom stereocenters. The van der Waals surface area contributed by atoms with Gasteiger partial charge < -0.3 is 10.6 Å². The first kappa shape index (κ1) is 25.6. The standard InChI is InChI=1S/C32H28N4S2/c37-21-23-9-13-25(14-10-23)27-17-33-29-5-1-2-6-30(29)34-18-28(26-15-11-24(22-38)12-16-26)20-36-32-8-4-3-7-31(32)35-19-27/h1-20,33,36-38H,21-22H2/b27-17+,28-20+,34-18?,35-19?. The first-order valence-corrected chi connectivity index (χ1v) is 13.6. The SMILES string of the molecule is SCc1ccc(/C2=C/Nc3ccccc3N=C/C(c3ccc(CS)cc3)=C\Nc3ccccc3N=C2)cc1. The van der Waals surface area contributed by atoms with E-state index in [2.05, 4.69) is 84.4 Å². The second-order valence-electron chi connectivity index (χ2n) is 8.75. The van der Waals surface area contributed by atoms with Gasteiger partial charge in [0.25, 0.3) is 0 Å². The maximum atomic E-state index is 4.87. The van der Waals surface area contributed by atoms with Gasteiger partial charge in [-0.1, -0.05) is 72.8 Å². The van der Waals surface area contributed by atoms with Crippen molar-refractivity contribution in [3.05, 3.63) is 132 Å². The monoisotopic (exact) mass is 532 g/mol. The molecule has 4 aromatic rings. The molecule has 0 saturated heterocycles. The second kappa shape index (κ2) is 12.5. The summed E-state index contributed by atoms with van der Waals surface area (Å²) in [7, 11) is 0. The van der Waals surface area contributed by atoms with Crippen LogP contribution in [0.25, 0.3) is 11.1 Å². The summed E-state index contributed by atoms with van der Waals surface area (Å²) in [4.78, 5) is 9.74. The molecule has 188 valence electrons. The molecule has 0 amide bonds. The fraction of sp³-hybridized carbons (Fsp3) is 0.0625. The minimum Gasteiger partial charge on any atom is -0.359 e. The van der Waals surface area contributed by atoms with Crippen molar-refractivity contribution >= 4 is 71.6 Å². The highest BCUT2D eigenvalue weighted by molar-refractivity contribution is 7.79. The van der Waals surface area contributed by atoms with E-state index in [1.54, 1.807) is 0 Å². The van der Waals surface area contributed by atoms with Crippen molar-refractivity contribution in [1.29, 1.82) is 0 Å². The lowest BCUT2D eigenvalue weighted by atomic mass is 10.1. The zero-order valence-electron chi connectivity index (χ0n) is 20.8. The van der Waals surface area contributed by atoms with Crippen LogP contribution >= 0.6 is 25.3 Å². The number of nitrogens with one attached hydrogen (secondary N) is 2. The number of hydrogen-bond donors (Lipinski definition) is 4. The molecule has 1 aliphatic rings. The lowest BCUT2D eigenvalue weighted by Crippen LogP contribution is -1.97. The van der Waals surface area contributed by atoms with Gasteiger partial charge in [-0.05, 0) is 46.5 Å². The van der Waals surface area contributed by atoms with Crippen LogP contribution in [-0.4, -0.2) is 12.4 Å². The van der Waals surface area contributed by atoms with Gasteiger partial charge in [-0.2, -0.15) is 25.3 Å². The Morgan fingerprint density at radius 3 is 1.29 bits per heavy atom. The minimum atomic E-state index is 0.699. The largest absolute Gasteiger partial charge is 0.359 e. The van der Waals surface area contributed by atoms with Crippen LogP contribution in [0.1, 0.15) is 22.3 Å². The maximum absolute atomic E-state index is 4.87. The van der Waals surface area contributed by atoms with Crippen molar-refractivity contribution in [1.82, 2.24) is 0 Å². The molecule has 0 unspecified atom stereocenters. The molecule has 0 saturated carbocycles. The number of allylic oxidation sites excluding steroid dienone is 2. The zero-order valence-corrected chi connectivity index (χ0v) is 22.5. The number of nitrogens with zero attached hydrogens (tertiary/aromatic N) is 2. The third-order valence-electron chi connectivity index (χ3n) is 6.20. The first-order chi connectivity index (χ1) is 18.7. The van der Waals surface area contributed by atoms with Crippen LogP contribution in [0.5, 0.6) is 0 Å². The lowest BCUT2D eigenvalue weighted by molar-refractivity contribution is 1.41. The quantitative estimate of drug-likeness (QED) is 0.199. The number of hydrogen-bond acceptors (Lipinski definition) is 6. The molecule has 6 heteroatoms. The van der Waals surface area contributed by atoms with Gasteiger partial charge in [-0.15, -0.1) is 0 Å². The Labute approximate surface area is 234 Å². The Hall–Kier alpha value is -4.00. The summed E-state index contributed by atoms with van der Waals surface area (Å²) in [5.74, 6) is 1.40. The predicted molar refractivity (Wildman–Crippen MR) is 171 cm³/mol. The fourth-order valence-corrected chi connectivity index (χ4v) is 4.42. The van der Waals surface area contributed by atoms with E-state index in [1.807, 2.05) is 73.4 Å². The van der Waals surface area contributed by atoms with Gasteiger partial charge in [0.05, 0.1) is 22.7 Å². The molecule has 38 heavy (non-hydrogen) atoms. The number of thiol groups is 2. The lowest BCUT2D eigenvalue weighted by Gasteiger charge is -2.11. The molecule has 0 aliphatic carbocycles. The number of rotatable bonds is 4. The van der Waals surface area contributed by atoms with Crippen molar-refractivity contribution in [3.8, 4) is 0 Å². The average molecular weight is 533 g/mol. The van der Waals surface area contributed by atoms with Gasteiger partial charge in [-0.3, -0.25) is 9.98 Å². The van der Waals surface area contributed by atoms with Crippen LogP contribution in [0.15, 0.2) is 119 Å². The number of fused-ring (bicyclic) bond motifs is 2. The van der Waals surface area contributed by atoms with E-state index < -0.39 is 0 Å². The van der Waals surface area contributed by atoms with Gasteiger partial charge >= 0.3 is 0 Å². The van der Waals surface area contributed by atoms with Gasteiger partial charge in [0.2, 0.25) is 0 Å². The summed E-state index contributed by atoms with van der Waals surface area (Å²) in [6.07, 6.45) is 7.73. The summed E-state index contributed by atoms with van der Waals surface area (Å²) in [6, 6.07) is 32.7. The summed E-state index contributed by atoms with van der Waals surface area (Å²) >= 11 is 8.78. The molecule has 0 aromatic heterocycles. The highest BCUT2D eigenvalue weighted by Gasteiger charge is 2.07. The van der Waals surface area contributed by atoms with Crippen LogP contribution in [-0.2, 0) is 11.5 Å². The van der Waals surface area contributed by atoms with Crippen LogP contribution in [0, 0.1) is 0 Å². The van der Waals surface area contributed by atoms with Crippen LogP contribution in [0.4, 0.5) is 22.7 Å². The highest BCUT2D eigenvalue weighted by Crippen LogP contribution is 2.29. The molecule has 4 nitrogen and oxygen atoms in total. The number of aliphatic imine (C=N–C) groups is 2. The van der Waals surface area contributed by atoms with Gasteiger partial charge in [0.1, 0.15) is 0 Å². The summed E-state index contributed by atoms with van der Waals surface area (Å²) in [5, 5.41) is 6.92. The molecular formula is C32H28N4S2. The smallest absolute Gasteiger partial charge is 0.0864 e. The van der Waals surface area contributed by atoms with E-state index >= 15 is 0 Å². The zero-order chi connectivity index (χ0) is 26.2. The second-order valence-corrected chi connectivity index (χ2v) is 9.38. The topological polar surface area (TPSA) is 48.8 Å². The average Bonchev–Trinajstić information content (AvgIpc) is 2.98. The molecule has 2 N–H and O–H groups in total. The van der Waals surface area contributed by atoms with Gasteiger partial charge in [0, 0.05) is 47.5 Å². The van der Waals surface area contributed by atoms with E-state index in [-0.39, 0.29) is 0 Å². The summed E-state index contributed by atoms with van der Waals surface area (Å²) in [5.41, 5.74) is 9.80. The Kier molecular flexibility index (Phi) is 8.43. The molecule has 5 rings (SSSR count). The number of anilines is 2. The van der Waals surface area contributed by atoms with Crippen LogP contribution in [0.3, 0.4) is 0 Å². The molecule has 4 aromatic carbocycles. The Bertz CT molecular complexity index is 1400.